The molecule has 1 fully saturated rings. The van der Waals surface area contributed by atoms with Crippen molar-refractivity contribution in [1.82, 2.24) is 21.2 Å². The molecule has 1 amide bonds. The molecule has 1 aliphatic rings. The van der Waals surface area contributed by atoms with Gasteiger partial charge in [0.25, 0.3) is 0 Å². The standard InChI is InChI=1S/C22H23FN4O2S/c1-13-20(30-22(25-13)15-5-7-16(23)8-6-15)18-11-19(27-26-18)21(28)24-12-14-3-9-17(29-2)10-4-14/h3-10,18-19,26-27H,11-12H2,1-2H3,(H,24,28). The minimum absolute atomic E-state index is 0.00608. The first kappa shape index (κ1) is 20.5. The van der Waals surface area contributed by atoms with Gasteiger partial charge in [0.15, 0.2) is 0 Å². The third-order valence-electron chi connectivity index (χ3n) is 5.09. The van der Waals surface area contributed by atoms with Crippen LogP contribution in [0.3, 0.4) is 0 Å². The van der Waals surface area contributed by atoms with Gasteiger partial charge >= 0.3 is 0 Å². The number of thiazole rings is 1. The molecule has 6 nitrogen and oxygen atoms in total. The zero-order valence-electron chi connectivity index (χ0n) is 16.7. The highest BCUT2D eigenvalue weighted by Crippen LogP contribution is 2.34. The van der Waals surface area contributed by atoms with Crippen molar-refractivity contribution in [3.63, 3.8) is 0 Å². The molecule has 1 aromatic heterocycles. The molecule has 2 unspecified atom stereocenters. The lowest BCUT2D eigenvalue weighted by Gasteiger charge is -2.11. The Balaban J connectivity index is 1.36. The van der Waals surface area contributed by atoms with Gasteiger partial charge in [0.05, 0.1) is 18.8 Å². The second kappa shape index (κ2) is 8.91. The van der Waals surface area contributed by atoms with Gasteiger partial charge < -0.3 is 10.1 Å². The Morgan fingerprint density at radius 3 is 2.63 bits per heavy atom. The second-order valence-electron chi connectivity index (χ2n) is 7.17. The van der Waals surface area contributed by atoms with E-state index in [0.717, 1.165) is 32.5 Å². The number of aromatic nitrogens is 1. The van der Waals surface area contributed by atoms with Crippen molar-refractivity contribution in [2.45, 2.75) is 32.0 Å². The van der Waals surface area contributed by atoms with E-state index in [1.54, 1.807) is 30.6 Å². The highest BCUT2D eigenvalue weighted by Gasteiger charge is 2.32. The van der Waals surface area contributed by atoms with Gasteiger partial charge in [-0.2, -0.15) is 0 Å². The van der Waals surface area contributed by atoms with Crippen LogP contribution in [0.15, 0.2) is 48.5 Å². The first-order chi connectivity index (χ1) is 14.5. The van der Waals surface area contributed by atoms with Crippen LogP contribution < -0.4 is 20.9 Å². The van der Waals surface area contributed by atoms with Crippen molar-refractivity contribution in [2.24, 2.45) is 0 Å². The molecule has 1 aliphatic heterocycles. The molecular weight excluding hydrogens is 403 g/mol. The summed E-state index contributed by atoms with van der Waals surface area (Å²) >= 11 is 1.56. The molecule has 2 heterocycles. The van der Waals surface area contributed by atoms with Crippen LogP contribution in [0.25, 0.3) is 10.6 Å². The van der Waals surface area contributed by atoms with E-state index in [0.29, 0.717) is 13.0 Å². The minimum Gasteiger partial charge on any atom is -0.497 e. The third-order valence-corrected chi connectivity index (χ3v) is 6.41. The molecule has 0 radical (unpaired) electrons. The van der Waals surface area contributed by atoms with Crippen LogP contribution in [0.2, 0.25) is 0 Å². The van der Waals surface area contributed by atoms with Crippen molar-refractivity contribution in [2.75, 3.05) is 7.11 Å². The van der Waals surface area contributed by atoms with Crippen molar-refractivity contribution in [3.8, 4) is 16.3 Å². The van der Waals surface area contributed by atoms with Gasteiger partial charge in [0.2, 0.25) is 5.91 Å². The SMILES string of the molecule is COc1ccc(CNC(=O)C2CC(c3sc(-c4ccc(F)cc4)nc3C)NN2)cc1. The summed E-state index contributed by atoms with van der Waals surface area (Å²) in [6.07, 6.45) is 0.625. The molecule has 2 atom stereocenters. The Morgan fingerprint density at radius 1 is 1.20 bits per heavy atom. The predicted octanol–water partition coefficient (Wildman–Crippen LogP) is 3.49. The number of carbonyl (C=O) groups is 1. The molecule has 0 saturated carbocycles. The quantitative estimate of drug-likeness (QED) is 0.563. The highest BCUT2D eigenvalue weighted by molar-refractivity contribution is 7.15. The Kier molecular flexibility index (Phi) is 6.08. The second-order valence-corrected chi connectivity index (χ2v) is 8.20. The Hall–Kier alpha value is -2.81. The topological polar surface area (TPSA) is 75.3 Å². The van der Waals surface area contributed by atoms with E-state index in [-0.39, 0.29) is 23.8 Å². The van der Waals surface area contributed by atoms with Crippen molar-refractivity contribution in [1.29, 1.82) is 0 Å². The zero-order chi connectivity index (χ0) is 21.1. The third kappa shape index (κ3) is 4.51. The molecular formula is C22H23FN4O2S. The maximum absolute atomic E-state index is 13.2. The molecule has 8 heteroatoms. The summed E-state index contributed by atoms with van der Waals surface area (Å²) in [6.45, 7) is 2.41. The molecule has 1 saturated heterocycles. The molecule has 2 aromatic carbocycles. The molecule has 156 valence electrons. The van der Waals surface area contributed by atoms with E-state index in [1.165, 1.54) is 12.1 Å². The number of carbonyl (C=O) groups excluding carboxylic acids is 1. The number of amides is 1. The first-order valence-corrected chi connectivity index (χ1v) is 10.5. The lowest BCUT2D eigenvalue weighted by Crippen LogP contribution is -2.42. The Bertz CT molecular complexity index is 1020. The van der Waals surface area contributed by atoms with Gasteiger partial charge in [0.1, 0.15) is 22.6 Å². The number of hydrazine groups is 1. The van der Waals surface area contributed by atoms with E-state index in [2.05, 4.69) is 21.2 Å². The van der Waals surface area contributed by atoms with Gasteiger partial charge in [-0.15, -0.1) is 11.3 Å². The number of nitrogens with one attached hydrogen (secondary N) is 3. The lowest BCUT2D eigenvalue weighted by molar-refractivity contribution is -0.123. The summed E-state index contributed by atoms with van der Waals surface area (Å²) in [4.78, 5) is 18.3. The van der Waals surface area contributed by atoms with E-state index in [9.17, 15) is 9.18 Å². The number of hydrogen-bond acceptors (Lipinski definition) is 6. The van der Waals surface area contributed by atoms with Crippen LogP contribution in [0.1, 0.15) is 28.6 Å². The summed E-state index contributed by atoms with van der Waals surface area (Å²) in [5, 5.41) is 3.82. The molecule has 3 N–H and O–H groups in total. The van der Waals surface area contributed by atoms with E-state index in [4.69, 9.17) is 4.74 Å². The Morgan fingerprint density at radius 2 is 1.93 bits per heavy atom. The van der Waals surface area contributed by atoms with Crippen LogP contribution in [-0.4, -0.2) is 24.0 Å². The summed E-state index contributed by atoms with van der Waals surface area (Å²) in [5.41, 5.74) is 9.11. The van der Waals surface area contributed by atoms with Gasteiger partial charge in [-0.05, 0) is 55.3 Å². The summed E-state index contributed by atoms with van der Waals surface area (Å²) in [7, 11) is 1.62. The molecule has 0 aliphatic carbocycles. The predicted molar refractivity (Wildman–Crippen MR) is 115 cm³/mol. The smallest absolute Gasteiger partial charge is 0.238 e. The van der Waals surface area contributed by atoms with Gasteiger partial charge in [0, 0.05) is 17.0 Å². The molecule has 0 spiro atoms. The zero-order valence-corrected chi connectivity index (χ0v) is 17.6. The number of nitrogens with zero attached hydrogens (tertiary/aromatic N) is 1. The van der Waals surface area contributed by atoms with E-state index >= 15 is 0 Å². The monoisotopic (exact) mass is 426 g/mol. The normalized spacial score (nSPS) is 18.4. The number of rotatable bonds is 6. The first-order valence-electron chi connectivity index (χ1n) is 9.68. The largest absolute Gasteiger partial charge is 0.497 e. The van der Waals surface area contributed by atoms with Crippen LogP contribution in [-0.2, 0) is 11.3 Å². The maximum Gasteiger partial charge on any atom is 0.238 e. The van der Waals surface area contributed by atoms with Crippen molar-refractivity contribution < 1.29 is 13.9 Å². The van der Waals surface area contributed by atoms with Crippen LogP contribution in [0.4, 0.5) is 4.39 Å². The van der Waals surface area contributed by atoms with Crippen LogP contribution >= 0.6 is 11.3 Å². The fourth-order valence-electron chi connectivity index (χ4n) is 3.40. The molecule has 3 aromatic rings. The number of methoxy groups -OCH3 is 1. The van der Waals surface area contributed by atoms with Gasteiger partial charge in [-0.25, -0.2) is 20.2 Å². The van der Waals surface area contributed by atoms with E-state index in [1.807, 2.05) is 31.2 Å². The number of aryl methyl sites for hydroxylation is 1. The van der Waals surface area contributed by atoms with Crippen molar-refractivity contribution >= 4 is 17.2 Å². The molecule has 4 rings (SSSR count). The van der Waals surface area contributed by atoms with Crippen LogP contribution in [0.5, 0.6) is 5.75 Å². The Labute approximate surface area is 178 Å². The summed E-state index contributed by atoms with van der Waals surface area (Å²) in [6, 6.07) is 13.6. The minimum atomic E-state index is -0.330. The molecule has 0 bridgehead atoms. The van der Waals surface area contributed by atoms with Gasteiger partial charge in [-0.3, -0.25) is 4.79 Å². The average Bonchev–Trinajstić information content (AvgIpc) is 3.40. The number of benzene rings is 2. The van der Waals surface area contributed by atoms with Crippen molar-refractivity contribution in [3.05, 3.63) is 70.5 Å². The number of halogens is 1. The molecule has 30 heavy (non-hydrogen) atoms. The fraction of sp³-hybridized carbons (Fsp3) is 0.273. The maximum atomic E-state index is 13.2. The number of hydrogen-bond donors (Lipinski definition) is 3. The van der Waals surface area contributed by atoms with E-state index < -0.39 is 0 Å². The highest BCUT2D eigenvalue weighted by atomic mass is 32.1. The summed E-state index contributed by atoms with van der Waals surface area (Å²) < 4.78 is 18.3. The van der Waals surface area contributed by atoms with Crippen LogP contribution in [0, 0.1) is 12.7 Å². The summed E-state index contributed by atoms with van der Waals surface area (Å²) in [5.74, 6) is 0.466. The number of ether oxygens (including phenoxy) is 1. The fourth-order valence-corrected chi connectivity index (χ4v) is 4.54. The van der Waals surface area contributed by atoms with Gasteiger partial charge in [-0.1, -0.05) is 12.1 Å². The average molecular weight is 427 g/mol. The lowest BCUT2D eigenvalue weighted by atomic mass is 10.1.